The van der Waals surface area contributed by atoms with Crippen LogP contribution in [0.2, 0.25) is 0 Å². The lowest BCUT2D eigenvalue weighted by Gasteiger charge is -2.32. The van der Waals surface area contributed by atoms with Crippen LogP contribution in [0.5, 0.6) is 0 Å². The Hall–Kier alpha value is -0.660. The van der Waals surface area contributed by atoms with E-state index < -0.39 is 15.6 Å². The van der Waals surface area contributed by atoms with Crippen LogP contribution in [0.15, 0.2) is 0 Å². The summed E-state index contributed by atoms with van der Waals surface area (Å²) >= 11 is 0. The second kappa shape index (κ2) is 5.61. The van der Waals surface area contributed by atoms with Gasteiger partial charge in [-0.05, 0) is 33.1 Å². The largest absolute Gasteiger partial charge is 0.388 e. The SMILES string of the molecule is CCS(=O)(=O)N1CCC(C(=O)N2CCC(C)(O)C2)CC1. The maximum atomic E-state index is 12.4. The zero-order valence-electron chi connectivity index (χ0n) is 12.2. The summed E-state index contributed by atoms with van der Waals surface area (Å²) in [6, 6.07) is 0. The van der Waals surface area contributed by atoms with E-state index in [9.17, 15) is 18.3 Å². The summed E-state index contributed by atoms with van der Waals surface area (Å²) in [6.07, 6.45) is 1.77. The third-order valence-corrected chi connectivity index (χ3v) is 6.21. The maximum Gasteiger partial charge on any atom is 0.225 e. The summed E-state index contributed by atoms with van der Waals surface area (Å²) in [5.74, 6) is 0.0733. The van der Waals surface area contributed by atoms with Crippen molar-refractivity contribution in [1.29, 1.82) is 0 Å². The topological polar surface area (TPSA) is 77.9 Å². The van der Waals surface area contributed by atoms with Crippen LogP contribution < -0.4 is 0 Å². The molecule has 1 N–H and O–H groups in total. The first kappa shape index (κ1) is 15.7. The highest BCUT2D eigenvalue weighted by atomic mass is 32.2. The van der Waals surface area contributed by atoms with E-state index in [1.165, 1.54) is 4.31 Å². The van der Waals surface area contributed by atoms with Gasteiger partial charge in [0.15, 0.2) is 0 Å². The van der Waals surface area contributed by atoms with Gasteiger partial charge in [0.1, 0.15) is 0 Å². The van der Waals surface area contributed by atoms with Crippen molar-refractivity contribution >= 4 is 15.9 Å². The summed E-state index contributed by atoms with van der Waals surface area (Å²) in [5, 5.41) is 9.91. The molecule has 6 nitrogen and oxygen atoms in total. The molecule has 0 aliphatic carbocycles. The molecular formula is C13H24N2O4S. The molecule has 0 radical (unpaired) electrons. The zero-order valence-corrected chi connectivity index (χ0v) is 13.0. The Balaban J connectivity index is 1.90. The van der Waals surface area contributed by atoms with Gasteiger partial charge in [0, 0.05) is 32.1 Å². The molecule has 0 bridgehead atoms. The molecule has 2 rings (SSSR count). The standard InChI is InChI=1S/C13H24N2O4S/c1-3-20(18,19)15-7-4-11(5-8-15)12(16)14-9-6-13(2,17)10-14/h11,17H,3-10H2,1-2H3. The van der Waals surface area contributed by atoms with E-state index in [0.717, 1.165) is 0 Å². The molecule has 2 aliphatic heterocycles. The molecule has 7 heteroatoms. The quantitative estimate of drug-likeness (QED) is 0.798. The van der Waals surface area contributed by atoms with Crippen molar-refractivity contribution in [3.8, 4) is 0 Å². The molecule has 2 fully saturated rings. The van der Waals surface area contributed by atoms with Crippen molar-refractivity contribution in [1.82, 2.24) is 9.21 Å². The van der Waals surface area contributed by atoms with Crippen LogP contribution in [0.25, 0.3) is 0 Å². The van der Waals surface area contributed by atoms with Crippen LogP contribution >= 0.6 is 0 Å². The Kier molecular flexibility index (Phi) is 4.41. The van der Waals surface area contributed by atoms with E-state index in [0.29, 0.717) is 45.4 Å². The Bertz CT molecular complexity index is 467. The minimum Gasteiger partial charge on any atom is -0.388 e. The number of piperidine rings is 1. The minimum atomic E-state index is -3.14. The van der Waals surface area contributed by atoms with Gasteiger partial charge in [-0.25, -0.2) is 12.7 Å². The monoisotopic (exact) mass is 304 g/mol. The maximum absolute atomic E-state index is 12.4. The summed E-state index contributed by atoms with van der Waals surface area (Å²) in [4.78, 5) is 14.1. The molecule has 116 valence electrons. The molecule has 2 saturated heterocycles. The van der Waals surface area contributed by atoms with E-state index >= 15 is 0 Å². The van der Waals surface area contributed by atoms with E-state index in [4.69, 9.17) is 0 Å². The van der Waals surface area contributed by atoms with E-state index in [1.54, 1.807) is 18.7 Å². The smallest absolute Gasteiger partial charge is 0.225 e. The number of amides is 1. The second-order valence-corrected chi connectivity index (χ2v) is 8.34. The predicted molar refractivity (Wildman–Crippen MR) is 75.6 cm³/mol. The van der Waals surface area contributed by atoms with Crippen molar-refractivity contribution < 1.29 is 18.3 Å². The van der Waals surface area contributed by atoms with Crippen molar-refractivity contribution in [2.24, 2.45) is 5.92 Å². The number of likely N-dealkylation sites (tertiary alicyclic amines) is 1. The summed E-state index contributed by atoms with van der Waals surface area (Å²) in [6.45, 7) is 5.22. The van der Waals surface area contributed by atoms with Gasteiger partial charge in [-0.2, -0.15) is 0 Å². The average molecular weight is 304 g/mol. The molecule has 0 aromatic carbocycles. The fraction of sp³-hybridized carbons (Fsp3) is 0.923. The highest BCUT2D eigenvalue weighted by Gasteiger charge is 2.38. The summed E-state index contributed by atoms with van der Waals surface area (Å²) < 4.78 is 25.0. The van der Waals surface area contributed by atoms with Gasteiger partial charge in [-0.3, -0.25) is 4.79 Å². The number of carbonyl (C=O) groups excluding carboxylic acids is 1. The summed E-state index contributed by atoms with van der Waals surface area (Å²) in [7, 11) is -3.14. The van der Waals surface area contributed by atoms with Crippen LogP contribution in [-0.4, -0.2) is 66.2 Å². The first-order chi connectivity index (χ1) is 9.25. The van der Waals surface area contributed by atoms with Gasteiger partial charge in [-0.15, -0.1) is 0 Å². The number of aliphatic hydroxyl groups is 1. The molecule has 0 saturated carbocycles. The van der Waals surface area contributed by atoms with Crippen molar-refractivity contribution in [2.45, 2.75) is 38.7 Å². The third kappa shape index (κ3) is 3.32. The fourth-order valence-electron chi connectivity index (χ4n) is 2.95. The molecule has 2 aliphatic rings. The molecule has 0 aromatic heterocycles. The number of sulfonamides is 1. The number of β-amino-alcohol motifs (C(OH)–C–C–N with tert-alkyl or cyclic N) is 1. The van der Waals surface area contributed by atoms with Gasteiger partial charge in [0.25, 0.3) is 0 Å². The van der Waals surface area contributed by atoms with E-state index in [1.807, 2.05) is 0 Å². The molecular weight excluding hydrogens is 280 g/mol. The van der Waals surface area contributed by atoms with E-state index in [-0.39, 0.29) is 17.6 Å². The van der Waals surface area contributed by atoms with Crippen LogP contribution in [0.3, 0.4) is 0 Å². The number of hydrogen-bond acceptors (Lipinski definition) is 4. The Labute approximate surface area is 120 Å². The van der Waals surface area contributed by atoms with Gasteiger partial charge >= 0.3 is 0 Å². The molecule has 0 spiro atoms. The zero-order chi connectivity index (χ0) is 15.0. The highest BCUT2D eigenvalue weighted by Crippen LogP contribution is 2.26. The van der Waals surface area contributed by atoms with Gasteiger partial charge < -0.3 is 10.0 Å². The number of rotatable bonds is 3. The van der Waals surface area contributed by atoms with Crippen LogP contribution in [0.4, 0.5) is 0 Å². The van der Waals surface area contributed by atoms with Gasteiger partial charge in [0.05, 0.1) is 11.4 Å². The van der Waals surface area contributed by atoms with Crippen LogP contribution in [0, 0.1) is 5.92 Å². The molecule has 1 atom stereocenters. The Morgan fingerprint density at radius 2 is 1.90 bits per heavy atom. The number of nitrogens with zero attached hydrogens (tertiary/aromatic N) is 2. The third-order valence-electron chi connectivity index (χ3n) is 4.32. The summed E-state index contributed by atoms with van der Waals surface area (Å²) in [5.41, 5.74) is -0.776. The van der Waals surface area contributed by atoms with Gasteiger partial charge in [-0.1, -0.05) is 0 Å². The molecule has 20 heavy (non-hydrogen) atoms. The van der Waals surface area contributed by atoms with Crippen molar-refractivity contribution in [3.63, 3.8) is 0 Å². The molecule has 2 heterocycles. The Morgan fingerprint density at radius 3 is 2.35 bits per heavy atom. The van der Waals surface area contributed by atoms with Crippen LogP contribution in [-0.2, 0) is 14.8 Å². The number of hydrogen-bond donors (Lipinski definition) is 1. The van der Waals surface area contributed by atoms with Crippen molar-refractivity contribution in [3.05, 3.63) is 0 Å². The minimum absolute atomic E-state index is 0.0660. The lowest BCUT2D eigenvalue weighted by Crippen LogP contribution is -2.45. The lowest BCUT2D eigenvalue weighted by molar-refractivity contribution is -0.136. The van der Waals surface area contributed by atoms with E-state index in [2.05, 4.69) is 0 Å². The fourth-order valence-corrected chi connectivity index (χ4v) is 4.09. The van der Waals surface area contributed by atoms with Gasteiger partial charge in [0.2, 0.25) is 15.9 Å². The Morgan fingerprint density at radius 1 is 1.30 bits per heavy atom. The predicted octanol–water partition coefficient (Wildman–Crippen LogP) is 0.0314. The second-order valence-electron chi connectivity index (χ2n) is 6.08. The molecule has 1 amide bonds. The average Bonchev–Trinajstić information content (AvgIpc) is 2.78. The first-order valence-electron chi connectivity index (χ1n) is 7.24. The highest BCUT2D eigenvalue weighted by molar-refractivity contribution is 7.89. The molecule has 1 unspecified atom stereocenters. The number of carbonyl (C=O) groups is 1. The normalized spacial score (nSPS) is 29.9. The lowest BCUT2D eigenvalue weighted by atomic mass is 9.96. The van der Waals surface area contributed by atoms with Crippen molar-refractivity contribution in [2.75, 3.05) is 31.9 Å². The molecule has 0 aromatic rings. The van der Waals surface area contributed by atoms with Crippen LogP contribution in [0.1, 0.15) is 33.1 Å². The first-order valence-corrected chi connectivity index (χ1v) is 8.85.